The molecule has 0 aromatic carbocycles. The molecule has 0 aliphatic carbocycles. The number of hydrogen-bond donors (Lipinski definition) is 1. The van der Waals surface area contributed by atoms with Crippen LogP contribution in [0.15, 0.2) is 23.1 Å². The first-order chi connectivity index (χ1) is 12.4. The largest absolute Gasteiger partial charge is 0.332 e. The highest BCUT2D eigenvalue weighted by atomic mass is 16.2. The number of amides is 1. The Bertz CT molecular complexity index is 1060. The monoisotopic (exact) mass is 353 g/mol. The summed E-state index contributed by atoms with van der Waals surface area (Å²) in [6, 6.07) is 3.51. The third-order valence-corrected chi connectivity index (χ3v) is 4.60. The van der Waals surface area contributed by atoms with Crippen molar-refractivity contribution in [3.8, 4) is 0 Å². The SMILES string of the molecule is CCc1nn(C)c(NC(=O)c2cn(CC)c3nc(C)ccc3c2=O)c1C. The standard InChI is InChI=1S/C19H23N5O2/c1-6-15-12(4)17(23(5)22-15)21-19(26)14-10-24(7-2)18-13(16(14)25)9-8-11(3)20-18/h8-10H,6-7H2,1-5H3,(H,21,26). The number of rotatable bonds is 4. The van der Waals surface area contributed by atoms with Crippen LogP contribution < -0.4 is 10.7 Å². The fourth-order valence-corrected chi connectivity index (χ4v) is 3.13. The topological polar surface area (TPSA) is 81.8 Å². The van der Waals surface area contributed by atoms with E-state index >= 15 is 0 Å². The first-order valence-electron chi connectivity index (χ1n) is 8.72. The van der Waals surface area contributed by atoms with Gasteiger partial charge in [-0.3, -0.25) is 14.3 Å². The van der Waals surface area contributed by atoms with Crippen LogP contribution >= 0.6 is 0 Å². The Morgan fingerprint density at radius 1 is 1.23 bits per heavy atom. The maximum atomic E-state index is 12.8. The minimum Gasteiger partial charge on any atom is -0.332 e. The maximum absolute atomic E-state index is 12.8. The van der Waals surface area contributed by atoms with Crippen LogP contribution in [-0.2, 0) is 20.0 Å². The predicted octanol–water partition coefficient (Wildman–Crippen LogP) is 2.58. The zero-order valence-corrected chi connectivity index (χ0v) is 15.8. The van der Waals surface area contributed by atoms with Crippen molar-refractivity contribution in [2.45, 2.75) is 40.7 Å². The van der Waals surface area contributed by atoms with E-state index in [0.29, 0.717) is 23.4 Å². The van der Waals surface area contributed by atoms with E-state index < -0.39 is 5.91 Å². The fourth-order valence-electron chi connectivity index (χ4n) is 3.13. The lowest BCUT2D eigenvalue weighted by atomic mass is 10.1. The minimum absolute atomic E-state index is 0.101. The molecule has 0 aliphatic rings. The Hall–Kier alpha value is -2.96. The minimum atomic E-state index is -0.437. The number of anilines is 1. The van der Waals surface area contributed by atoms with E-state index in [1.54, 1.807) is 30.1 Å². The third kappa shape index (κ3) is 2.89. The van der Waals surface area contributed by atoms with Crippen LogP contribution in [0.2, 0.25) is 0 Å². The van der Waals surface area contributed by atoms with Gasteiger partial charge in [0.05, 0.1) is 11.1 Å². The van der Waals surface area contributed by atoms with Crippen LogP contribution in [0.5, 0.6) is 0 Å². The second kappa shape index (κ2) is 6.74. The number of aromatic nitrogens is 4. The molecular weight excluding hydrogens is 330 g/mol. The van der Waals surface area contributed by atoms with E-state index in [1.165, 1.54) is 0 Å². The molecule has 0 aliphatic heterocycles. The van der Waals surface area contributed by atoms with Crippen LogP contribution in [-0.4, -0.2) is 25.2 Å². The highest BCUT2D eigenvalue weighted by molar-refractivity contribution is 6.05. The molecule has 0 bridgehead atoms. The van der Waals surface area contributed by atoms with E-state index in [2.05, 4.69) is 15.4 Å². The van der Waals surface area contributed by atoms with Gasteiger partial charge in [0, 0.05) is 31.0 Å². The molecule has 0 spiro atoms. The summed E-state index contributed by atoms with van der Waals surface area (Å²) in [4.78, 5) is 30.1. The molecule has 3 aromatic rings. The molecule has 0 fully saturated rings. The molecule has 7 nitrogen and oxygen atoms in total. The van der Waals surface area contributed by atoms with Gasteiger partial charge in [-0.05, 0) is 39.3 Å². The molecule has 136 valence electrons. The number of fused-ring (bicyclic) bond motifs is 1. The molecule has 0 radical (unpaired) electrons. The second-order valence-corrected chi connectivity index (χ2v) is 6.33. The molecule has 26 heavy (non-hydrogen) atoms. The number of carbonyl (C=O) groups is 1. The van der Waals surface area contributed by atoms with Crippen molar-refractivity contribution >= 4 is 22.8 Å². The molecule has 3 heterocycles. The van der Waals surface area contributed by atoms with Gasteiger partial charge in [0.15, 0.2) is 0 Å². The maximum Gasteiger partial charge on any atom is 0.262 e. The van der Waals surface area contributed by atoms with Crippen LogP contribution in [0.1, 0.15) is 41.2 Å². The highest BCUT2D eigenvalue weighted by Gasteiger charge is 2.19. The van der Waals surface area contributed by atoms with Gasteiger partial charge in [0.2, 0.25) is 5.43 Å². The zero-order valence-electron chi connectivity index (χ0n) is 15.8. The summed E-state index contributed by atoms with van der Waals surface area (Å²) in [6.07, 6.45) is 2.36. The van der Waals surface area contributed by atoms with E-state index in [0.717, 1.165) is 23.4 Å². The Balaban J connectivity index is 2.09. The van der Waals surface area contributed by atoms with E-state index in [-0.39, 0.29) is 11.0 Å². The molecule has 0 saturated heterocycles. The number of aryl methyl sites for hydroxylation is 4. The third-order valence-electron chi connectivity index (χ3n) is 4.60. The van der Waals surface area contributed by atoms with Gasteiger partial charge in [0.1, 0.15) is 17.0 Å². The van der Waals surface area contributed by atoms with Crippen molar-refractivity contribution in [2.24, 2.45) is 7.05 Å². The van der Waals surface area contributed by atoms with Crippen LogP contribution in [0.25, 0.3) is 11.0 Å². The van der Waals surface area contributed by atoms with Crippen LogP contribution in [0.3, 0.4) is 0 Å². The Kier molecular flexibility index (Phi) is 4.63. The Morgan fingerprint density at radius 3 is 2.58 bits per heavy atom. The molecule has 3 rings (SSSR count). The molecule has 7 heteroatoms. The highest BCUT2D eigenvalue weighted by Crippen LogP contribution is 2.19. The van der Waals surface area contributed by atoms with Crippen LogP contribution in [0.4, 0.5) is 5.82 Å². The number of carbonyl (C=O) groups excluding carboxylic acids is 1. The number of pyridine rings is 2. The second-order valence-electron chi connectivity index (χ2n) is 6.33. The Labute approximate surface area is 151 Å². The normalized spacial score (nSPS) is 11.1. The lowest BCUT2D eigenvalue weighted by Crippen LogP contribution is -2.25. The van der Waals surface area contributed by atoms with Gasteiger partial charge in [-0.15, -0.1) is 0 Å². The van der Waals surface area contributed by atoms with Crippen molar-refractivity contribution < 1.29 is 4.79 Å². The molecule has 0 unspecified atom stereocenters. The van der Waals surface area contributed by atoms with Crippen molar-refractivity contribution in [1.82, 2.24) is 19.3 Å². The number of nitrogens with zero attached hydrogens (tertiary/aromatic N) is 4. The summed E-state index contributed by atoms with van der Waals surface area (Å²) in [5.74, 6) is 0.171. The number of hydrogen-bond acceptors (Lipinski definition) is 4. The van der Waals surface area contributed by atoms with Gasteiger partial charge < -0.3 is 9.88 Å². The molecular formula is C19H23N5O2. The summed E-state index contributed by atoms with van der Waals surface area (Å²) < 4.78 is 3.46. The van der Waals surface area contributed by atoms with E-state index in [4.69, 9.17) is 0 Å². The molecule has 1 N–H and O–H groups in total. The van der Waals surface area contributed by atoms with Gasteiger partial charge >= 0.3 is 0 Å². The fraction of sp³-hybridized carbons (Fsp3) is 0.368. The van der Waals surface area contributed by atoms with Crippen LogP contribution in [0, 0.1) is 13.8 Å². The van der Waals surface area contributed by atoms with Gasteiger partial charge in [-0.2, -0.15) is 5.10 Å². The number of nitrogens with one attached hydrogen (secondary N) is 1. The van der Waals surface area contributed by atoms with Crippen molar-refractivity contribution in [3.63, 3.8) is 0 Å². The summed E-state index contributed by atoms with van der Waals surface area (Å²) in [6.45, 7) is 8.37. The van der Waals surface area contributed by atoms with Gasteiger partial charge in [-0.25, -0.2) is 4.98 Å². The molecule has 0 saturated carbocycles. The summed E-state index contributed by atoms with van der Waals surface area (Å²) in [7, 11) is 1.78. The first-order valence-corrected chi connectivity index (χ1v) is 8.72. The molecule has 1 amide bonds. The smallest absolute Gasteiger partial charge is 0.262 e. The summed E-state index contributed by atoms with van der Waals surface area (Å²) in [5.41, 5.74) is 3.05. The first kappa shape index (κ1) is 17.8. The average Bonchev–Trinajstić information content (AvgIpc) is 2.89. The van der Waals surface area contributed by atoms with Gasteiger partial charge in [0.25, 0.3) is 5.91 Å². The van der Waals surface area contributed by atoms with Crippen molar-refractivity contribution in [1.29, 1.82) is 0 Å². The lowest BCUT2D eigenvalue weighted by Gasteiger charge is -2.12. The summed E-state index contributed by atoms with van der Waals surface area (Å²) in [5, 5.41) is 7.69. The molecule has 0 atom stereocenters. The van der Waals surface area contributed by atoms with E-state index in [9.17, 15) is 9.59 Å². The lowest BCUT2D eigenvalue weighted by molar-refractivity contribution is 0.102. The van der Waals surface area contributed by atoms with E-state index in [1.807, 2.05) is 32.3 Å². The van der Waals surface area contributed by atoms with Crippen molar-refractivity contribution in [2.75, 3.05) is 5.32 Å². The Morgan fingerprint density at radius 2 is 1.96 bits per heavy atom. The van der Waals surface area contributed by atoms with Gasteiger partial charge in [-0.1, -0.05) is 6.92 Å². The predicted molar refractivity (Wildman–Crippen MR) is 102 cm³/mol. The molecule has 3 aromatic heterocycles. The quantitative estimate of drug-likeness (QED) is 0.781. The van der Waals surface area contributed by atoms with Crippen molar-refractivity contribution in [3.05, 3.63) is 51.1 Å². The average molecular weight is 353 g/mol. The zero-order chi connectivity index (χ0) is 19.0. The summed E-state index contributed by atoms with van der Waals surface area (Å²) >= 11 is 0.